The maximum Gasteiger partial charge on any atom is 0.225 e. The fraction of sp³-hybridized carbons (Fsp3) is 0.412. The summed E-state index contributed by atoms with van der Waals surface area (Å²) < 4.78 is 0. The van der Waals surface area contributed by atoms with Crippen LogP contribution in [0.5, 0.6) is 0 Å². The lowest BCUT2D eigenvalue weighted by Gasteiger charge is -2.12. The van der Waals surface area contributed by atoms with Crippen molar-refractivity contribution in [2.24, 2.45) is 0 Å². The van der Waals surface area contributed by atoms with Gasteiger partial charge in [0.15, 0.2) is 0 Å². The van der Waals surface area contributed by atoms with Gasteiger partial charge in [-0.25, -0.2) is 4.98 Å². The van der Waals surface area contributed by atoms with Gasteiger partial charge in [0.2, 0.25) is 5.95 Å². The minimum absolute atomic E-state index is 0.666. The highest BCUT2D eigenvalue weighted by atomic mass is 15.1. The van der Waals surface area contributed by atoms with Crippen LogP contribution < -0.4 is 10.6 Å². The molecule has 0 fully saturated rings. The summed E-state index contributed by atoms with van der Waals surface area (Å²) in [5, 5.41) is 6.64. The Hall–Kier alpha value is -2.14. The summed E-state index contributed by atoms with van der Waals surface area (Å²) in [6, 6.07) is 12.2. The third-order valence-corrected chi connectivity index (χ3v) is 3.24. The highest BCUT2D eigenvalue weighted by Gasteiger charge is 2.02. The van der Waals surface area contributed by atoms with E-state index in [0.29, 0.717) is 5.95 Å². The van der Waals surface area contributed by atoms with Gasteiger partial charge in [0.1, 0.15) is 5.82 Å². The summed E-state index contributed by atoms with van der Waals surface area (Å²) in [5.41, 5.74) is 2.17. The Bertz CT molecular complexity index is 569. The largest absolute Gasteiger partial charge is 0.370 e. The molecule has 118 valence electrons. The summed E-state index contributed by atoms with van der Waals surface area (Å²) in [5.74, 6) is 1.54. The van der Waals surface area contributed by atoms with Gasteiger partial charge in [-0.15, -0.1) is 0 Å². The summed E-state index contributed by atoms with van der Waals surface area (Å²) in [6.07, 6.45) is 1.09. The van der Waals surface area contributed by atoms with Crippen molar-refractivity contribution in [3.8, 4) is 0 Å². The number of aromatic nitrogens is 2. The first kappa shape index (κ1) is 16.2. The molecule has 0 atom stereocenters. The minimum atomic E-state index is 0.666. The molecule has 2 rings (SSSR count). The standard InChI is InChI=1S/C17H25N5/c1-14-12-16(18-10-7-11-22(2)3)21-17(20-14)19-13-15-8-5-4-6-9-15/h4-6,8-9,12H,7,10-11,13H2,1-3H3,(H2,18,19,20,21). The number of aryl methyl sites for hydroxylation is 1. The lowest BCUT2D eigenvalue weighted by Crippen LogP contribution is -2.17. The normalized spacial score (nSPS) is 10.7. The van der Waals surface area contributed by atoms with Gasteiger partial charge in [-0.2, -0.15) is 4.98 Å². The van der Waals surface area contributed by atoms with Crippen molar-refractivity contribution in [3.05, 3.63) is 47.7 Å². The molecule has 0 unspecified atom stereocenters. The molecule has 0 spiro atoms. The Morgan fingerprint density at radius 2 is 1.82 bits per heavy atom. The first-order valence-electron chi connectivity index (χ1n) is 7.65. The van der Waals surface area contributed by atoms with E-state index < -0.39 is 0 Å². The maximum atomic E-state index is 4.52. The van der Waals surface area contributed by atoms with Gasteiger partial charge < -0.3 is 15.5 Å². The molecular weight excluding hydrogens is 274 g/mol. The van der Waals surface area contributed by atoms with Crippen molar-refractivity contribution < 1.29 is 0 Å². The van der Waals surface area contributed by atoms with Crippen molar-refractivity contribution in [2.75, 3.05) is 37.8 Å². The molecule has 0 saturated carbocycles. The first-order valence-corrected chi connectivity index (χ1v) is 7.65. The Labute approximate surface area is 132 Å². The van der Waals surface area contributed by atoms with Crippen LogP contribution in [-0.2, 0) is 6.54 Å². The zero-order valence-electron chi connectivity index (χ0n) is 13.6. The van der Waals surface area contributed by atoms with Gasteiger partial charge in [0, 0.05) is 24.8 Å². The van der Waals surface area contributed by atoms with Crippen molar-refractivity contribution in [2.45, 2.75) is 19.9 Å². The fourth-order valence-electron chi connectivity index (χ4n) is 2.13. The molecule has 2 N–H and O–H groups in total. The van der Waals surface area contributed by atoms with E-state index in [2.05, 4.69) is 51.7 Å². The number of benzene rings is 1. The molecule has 5 nitrogen and oxygen atoms in total. The van der Waals surface area contributed by atoms with E-state index in [1.54, 1.807) is 0 Å². The van der Waals surface area contributed by atoms with Gasteiger partial charge in [-0.1, -0.05) is 30.3 Å². The van der Waals surface area contributed by atoms with Crippen molar-refractivity contribution >= 4 is 11.8 Å². The summed E-state index contributed by atoms with van der Waals surface area (Å²) in [7, 11) is 4.17. The molecule has 0 aliphatic carbocycles. The Morgan fingerprint density at radius 3 is 2.55 bits per heavy atom. The van der Waals surface area contributed by atoms with Crippen molar-refractivity contribution in [1.82, 2.24) is 14.9 Å². The Balaban J connectivity index is 1.89. The van der Waals surface area contributed by atoms with Crippen molar-refractivity contribution in [3.63, 3.8) is 0 Å². The molecule has 0 amide bonds. The second kappa shape index (κ2) is 8.34. The Morgan fingerprint density at radius 1 is 1.05 bits per heavy atom. The monoisotopic (exact) mass is 299 g/mol. The molecule has 1 aromatic carbocycles. The smallest absolute Gasteiger partial charge is 0.225 e. The predicted molar refractivity (Wildman–Crippen MR) is 92.2 cm³/mol. The SMILES string of the molecule is Cc1cc(NCCCN(C)C)nc(NCc2ccccc2)n1. The summed E-state index contributed by atoms with van der Waals surface area (Å²) >= 11 is 0. The van der Waals surface area contributed by atoms with Crippen LogP contribution in [0.2, 0.25) is 0 Å². The van der Waals surface area contributed by atoms with E-state index in [0.717, 1.165) is 37.6 Å². The molecule has 1 heterocycles. The van der Waals surface area contributed by atoms with E-state index in [1.807, 2.05) is 31.2 Å². The zero-order valence-corrected chi connectivity index (χ0v) is 13.6. The lowest BCUT2D eigenvalue weighted by atomic mass is 10.2. The number of nitrogens with zero attached hydrogens (tertiary/aromatic N) is 3. The molecule has 0 aliphatic heterocycles. The Kier molecular flexibility index (Phi) is 6.15. The molecule has 0 radical (unpaired) electrons. The molecule has 2 aromatic rings. The number of hydrogen-bond acceptors (Lipinski definition) is 5. The topological polar surface area (TPSA) is 53.1 Å². The molecule has 0 saturated heterocycles. The molecule has 0 aliphatic rings. The van der Waals surface area contributed by atoms with E-state index >= 15 is 0 Å². The van der Waals surface area contributed by atoms with Gasteiger partial charge in [-0.05, 0) is 39.5 Å². The van der Waals surface area contributed by atoms with Crippen LogP contribution in [-0.4, -0.2) is 42.1 Å². The first-order chi connectivity index (χ1) is 10.6. The number of anilines is 2. The van der Waals surface area contributed by atoms with Crippen LogP contribution in [0, 0.1) is 6.92 Å². The molecule has 1 aromatic heterocycles. The van der Waals surface area contributed by atoms with E-state index in [-0.39, 0.29) is 0 Å². The van der Waals surface area contributed by atoms with Crippen LogP contribution in [0.25, 0.3) is 0 Å². The van der Waals surface area contributed by atoms with Gasteiger partial charge in [-0.3, -0.25) is 0 Å². The second-order valence-electron chi connectivity index (χ2n) is 5.64. The van der Waals surface area contributed by atoms with Crippen LogP contribution in [0.15, 0.2) is 36.4 Å². The third kappa shape index (κ3) is 5.69. The maximum absolute atomic E-state index is 4.52. The highest BCUT2D eigenvalue weighted by molar-refractivity contribution is 5.42. The molecular formula is C17H25N5. The van der Waals surface area contributed by atoms with Gasteiger partial charge >= 0.3 is 0 Å². The minimum Gasteiger partial charge on any atom is -0.370 e. The quantitative estimate of drug-likeness (QED) is 0.734. The van der Waals surface area contributed by atoms with Crippen LogP contribution >= 0.6 is 0 Å². The zero-order chi connectivity index (χ0) is 15.8. The predicted octanol–water partition coefficient (Wildman–Crippen LogP) is 2.76. The summed E-state index contributed by atoms with van der Waals surface area (Å²) in [4.78, 5) is 11.1. The summed E-state index contributed by atoms with van der Waals surface area (Å²) in [6.45, 7) is 4.69. The van der Waals surface area contributed by atoms with Crippen molar-refractivity contribution in [1.29, 1.82) is 0 Å². The average molecular weight is 299 g/mol. The second-order valence-corrected chi connectivity index (χ2v) is 5.64. The van der Waals surface area contributed by atoms with Crippen LogP contribution in [0.1, 0.15) is 17.7 Å². The van der Waals surface area contributed by atoms with Crippen LogP contribution in [0.4, 0.5) is 11.8 Å². The third-order valence-electron chi connectivity index (χ3n) is 3.24. The number of nitrogens with one attached hydrogen (secondary N) is 2. The average Bonchev–Trinajstić information content (AvgIpc) is 2.50. The number of rotatable bonds is 8. The molecule has 22 heavy (non-hydrogen) atoms. The lowest BCUT2D eigenvalue weighted by molar-refractivity contribution is 0.405. The van der Waals surface area contributed by atoms with Crippen LogP contribution in [0.3, 0.4) is 0 Å². The molecule has 0 bridgehead atoms. The van der Waals surface area contributed by atoms with E-state index in [4.69, 9.17) is 0 Å². The fourth-order valence-corrected chi connectivity index (χ4v) is 2.13. The van der Waals surface area contributed by atoms with E-state index in [9.17, 15) is 0 Å². The molecule has 5 heteroatoms. The van der Waals surface area contributed by atoms with Gasteiger partial charge in [0.05, 0.1) is 0 Å². The number of hydrogen-bond donors (Lipinski definition) is 2. The highest BCUT2D eigenvalue weighted by Crippen LogP contribution is 2.11. The van der Waals surface area contributed by atoms with Gasteiger partial charge in [0.25, 0.3) is 0 Å². The van der Waals surface area contributed by atoms with E-state index in [1.165, 1.54) is 5.56 Å².